The van der Waals surface area contributed by atoms with Crippen LogP contribution in [0.1, 0.15) is 17.5 Å². The number of nitrogens with zero attached hydrogens (tertiary/aromatic N) is 3. The SMILES string of the molecule is CC(=NNC(=O)C(=O)Nc1c(C)n(C)n(-c2ccccc2)c1=O)c1cccs1. The standard InChI is InChI=1S/C19H19N5O3S/c1-12(15-10-7-11-28-15)21-22-18(26)17(25)20-16-13(2)23(3)24(19(16)27)14-8-5-4-6-9-14/h4-11H,1-3H3,(H,20,25)(H,22,26). The van der Waals surface area contributed by atoms with Gasteiger partial charge < -0.3 is 5.32 Å². The summed E-state index contributed by atoms with van der Waals surface area (Å²) in [4.78, 5) is 37.9. The molecule has 2 aromatic heterocycles. The Morgan fingerprint density at radius 2 is 1.79 bits per heavy atom. The summed E-state index contributed by atoms with van der Waals surface area (Å²) in [6, 6.07) is 12.7. The molecule has 2 amide bonds. The fourth-order valence-corrected chi connectivity index (χ4v) is 3.28. The average Bonchev–Trinajstić information content (AvgIpc) is 3.30. The van der Waals surface area contributed by atoms with Gasteiger partial charge in [0.05, 0.1) is 17.1 Å². The third-order valence-electron chi connectivity index (χ3n) is 4.20. The van der Waals surface area contributed by atoms with Crippen LogP contribution in [0, 0.1) is 6.92 Å². The minimum Gasteiger partial charge on any atom is -0.311 e. The van der Waals surface area contributed by atoms with Crippen LogP contribution in [0.4, 0.5) is 5.69 Å². The number of benzene rings is 1. The number of hydrazone groups is 1. The third-order valence-corrected chi connectivity index (χ3v) is 5.18. The zero-order valence-corrected chi connectivity index (χ0v) is 16.4. The molecule has 0 unspecified atom stereocenters. The molecule has 0 radical (unpaired) electrons. The van der Waals surface area contributed by atoms with Crippen LogP contribution in [0.3, 0.4) is 0 Å². The highest BCUT2D eigenvalue weighted by molar-refractivity contribution is 7.12. The summed E-state index contributed by atoms with van der Waals surface area (Å²) in [5.74, 6) is -1.92. The first-order valence-electron chi connectivity index (χ1n) is 8.43. The third kappa shape index (κ3) is 3.79. The summed E-state index contributed by atoms with van der Waals surface area (Å²) in [6.07, 6.45) is 0. The van der Waals surface area contributed by atoms with E-state index in [2.05, 4.69) is 15.8 Å². The van der Waals surface area contributed by atoms with Crippen molar-refractivity contribution >= 4 is 34.6 Å². The Hall–Kier alpha value is -3.46. The minimum absolute atomic E-state index is 0.0467. The molecule has 0 aliphatic carbocycles. The molecule has 3 rings (SSSR count). The molecule has 2 N–H and O–H groups in total. The highest BCUT2D eigenvalue weighted by atomic mass is 32.1. The Morgan fingerprint density at radius 1 is 1.07 bits per heavy atom. The molecular formula is C19H19N5O3S. The number of rotatable bonds is 4. The Labute approximate surface area is 165 Å². The number of carbonyl (C=O) groups excluding carboxylic acids is 2. The van der Waals surface area contributed by atoms with Gasteiger partial charge in [-0.25, -0.2) is 10.1 Å². The molecule has 144 valence electrons. The van der Waals surface area contributed by atoms with Crippen molar-refractivity contribution < 1.29 is 9.59 Å². The number of hydrogen-bond acceptors (Lipinski definition) is 5. The molecular weight excluding hydrogens is 378 g/mol. The molecule has 0 saturated heterocycles. The normalized spacial score (nSPS) is 11.3. The van der Waals surface area contributed by atoms with E-state index < -0.39 is 17.4 Å². The van der Waals surface area contributed by atoms with Gasteiger partial charge in [0.2, 0.25) is 0 Å². The average molecular weight is 397 g/mol. The van der Waals surface area contributed by atoms with Crippen LogP contribution in [0.2, 0.25) is 0 Å². The van der Waals surface area contributed by atoms with Gasteiger partial charge in [0.1, 0.15) is 5.69 Å². The van der Waals surface area contributed by atoms with Gasteiger partial charge in [-0.05, 0) is 37.4 Å². The van der Waals surface area contributed by atoms with E-state index in [1.165, 1.54) is 16.0 Å². The van der Waals surface area contributed by atoms with Crippen LogP contribution < -0.4 is 16.3 Å². The van der Waals surface area contributed by atoms with E-state index in [-0.39, 0.29) is 5.69 Å². The first-order chi connectivity index (χ1) is 13.4. The van der Waals surface area contributed by atoms with Crippen molar-refractivity contribution in [2.45, 2.75) is 13.8 Å². The number of amides is 2. The lowest BCUT2D eigenvalue weighted by Crippen LogP contribution is -2.34. The smallest absolute Gasteiger partial charge is 0.311 e. The molecule has 0 bridgehead atoms. The molecule has 0 aliphatic rings. The number of carbonyl (C=O) groups is 2. The van der Waals surface area contributed by atoms with Crippen LogP contribution in [-0.2, 0) is 16.6 Å². The number of hydrogen-bond donors (Lipinski definition) is 2. The van der Waals surface area contributed by atoms with Crippen LogP contribution in [0.5, 0.6) is 0 Å². The fourth-order valence-electron chi connectivity index (χ4n) is 2.61. The topological polar surface area (TPSA) is 97.5 Å². The van der Waals surface area contributed by atoms with Gasteiger partial charge in [0, 0.05) is 11.9 Å². The molecule has 0 saturated carbocycles. The first-order valence-corrected chi connectivity index (χ1v) is 9.31. The van der Waals surface area contributed by atoms with Crippen molar-refractivity contribution in [1.29, 1.82) is 0 Å². The number of para-hydroxylation sites is 1. The molecule has 0 spiro atoms. The maximum Gasteiger partial charge on any atom is 0.329 e. The van der Waals surface area contributed by atoms with Crippen LogP contribution >= 0.6 is 11.3 Å². The predicted octanol–water partition coefficient (Wildman–Crippen LogP) is 2.02. The summed E-state index contributed by atoms with van der Waals surface area (Å²) in [5, 5.41) is 8.21. The van der Waals surface area contributed by atoms with Gasteiger partial charge >= 0.3 is 11.8 Å². The van der Waals surface area contributed by atoms with Gasteiger partial charge in [-0.2, -0.15) is 5.10 Å². The quantitative estimate of drug-likeness (QED) is 0.400. The molecule has 28 heavy (non-hydrogen) atoms. The maximum atomic E-state index is 12.8. The van der Waals surface area contributed by atoms with Gasteiger partial charge in [-0.3, -0.25) is 19.1 Å². The number of aromatic nitrogens is 2. The second-order valence-electron chi connectivity index (χ2n) is 6.01. The van der Waals surface area contributed by atoms with Crippen LogP contribution in [0.25, 0.3) is 5.69 Å². The van der Waals surface area contributed by atoms with E-state index in [0.717, 1.165) is 4.88 Å². The van der Waals surface area contributed by atoms with Crippen molar-refractivity contribution in [3.63, 3.8) is 0 Å². The van der Waals surface area contributed by atoms with E-state index in [4.69, 9.17) is 0 Å². The molecule has 0 aliphatic heterocycles. The summed E-state index contributed by atoms with van der Waals surface area (Å²) in [5.41, 5.74) is 3.59. The van der Waals surface area contributed by atoms with Gasteiger partial charge in [-0.15, -0.1) is 11.3 Å². The monoisotopic (exact) mass is 397 g/mol. The lowest BCUT2D eigenvalue weighted by Gasteiger charge is -2.07. The lowest BCUT2D eigenvalue weighted by atomic mass is 10.3. The van der Waals surface area contributed by atoms with E-state index in [1.807, 2.05) is 35.7 Å². The molecule has 1 aromatic carbocycles. The van der Waals surface area contributed by atoms with Crippen LogP contribution in [0.15, 0.2) is 57.7 Å². The highest BCUT2D eigenvalue weighted by Gasteiger charge is 2.21. The summed E-state index contributed by atoms with van der Waals surface area (Å²) >= 11 is 1.47. The van der Waals surface area contributed by atoms with E-state index >= 15 is 0 Å². The lowest BCUT2D eigenvalue weighted by molar-refractivity contribution is -0.136. The Bertz CT molecular complexity index is 1090. The Kier molecular flexibility index (Phi) is 5.55. The number of anilines is 1. The first kappa shape index (κ1) is 19.3. The zero-order chi connectivity index (χ0) is 20.3. The number of thiophene rings is 1. The van der Waals surface area contributed by atoms with Crippen molar-refractivity contribution in [2.24, 2.45) is 12.1 Å². The Morgan fingerprint density at radius 3 is 2.43 bits per heavy atom. The van der Waals surface area contributed by atoms with Gasteiger partial charge in [0.25, 0.3) is 5.56 Å². The van der Waals surface area contributed by atoms with Gasteiger partial charge in [-0.1, -0.05) is 24.3 Å². The van der Waals surface area contributed by atoms with Crippen LogP contribution in [-0.4, -0.2) is 26.9 Å². The van der Waals surface area contributed by atoms with E-state index in [1.54, 1.807) is 37.7 Å². The van der Waals surface area contributed by atoms with Crippen molar-refractivity contribution in [3.8, 4) is 5.69 Å². The minimum atomic E-state index is -0.964. The fraction of sp³-hybridized carbons (Fsp3) is 0.158. The predicted molar refractivity (Wildman–Crippen MR) is 109 cm³/mol. The van der Waals surface area contributed by atoms with Crippen molar-refractivity contribution in [2.75, 3.05) is 5.32 Å². The van der Waals surface area contributed by atoms with Crippen molar-refractivity contribution in [1.82, 2.24) is 14.8 Å². The summed E-state index contributed by atoms with van der Waals surface area (Å²) < 4.78 is 3.03. The second kappa shape index (κ2) is 8.05. The van der Waals surface area contributed by atoms with E-state index in [0.29, 0.717) is 17.1 Å². The van der Waals surface area contributed by atoms with Gasteiger partial charge in [0.15, 0.2) is 0 Å². The zero-order valence-electron chi connectivity index (χ0n) is 15.6. The number of nitrogens with one attached hydrogen (secondary N) is 2. The molecule has 8 nitrogen and oxygen atoms in total. The Balaban J connectivity index is 1.78. The highest BCUT2D eigenvalue weighted by Crippen LogP contribution is 2.14. The molecule has 0 fully saturated rings. The molecule has 9 heteroatoms. The van der Waals surface area contributed by atoms with E-state index in [9.17, 15) is 14.4 Å². The summed E-state index contributed by atoms with van der Waals surface area (Å²) in [6.45, 7) is 3.41. The second-order valence-corrected chi connectivity index (χ2v) is 6.95. The summed E-state index contributed by atoms with van der Waals surface area (Å²) in [7, 11) is 1.70. The molecule has 3 aromatic rings. The van der Waals surface area contributed by atoms with Crippen molar-refractivity contribution in [3.05, 3.63) is 68.8 Å². The molecule has 2 heterocycles. The maximum absolute atomic E-state index is 12.8. The molecule has 0 atom stereocenters. The largest absolute Gasteiger partial charge is 0.329 e.